The van der Waals surface area contributed by atoms with Crippen LogP contribution in [0.15, 0.2) is 61.2 Å². The van der Waals surface area contributed by atoms with E-state index in [2.05, 4.69) is 20.9 Å². The van der Waals surface area contributed by atoms with Crippen molar-refractivity contribution in [3.05, 3.63) is 66.7 Å². The third-order valence-electron chi connectivity index (χ3n) is 4.72. The number of rotatable bonds is 3. The van der Waals surface area contributed by atoms with Crippen molar-refractivity contribution >= 4 is 16.7 Å². The van der Waals surface area contributed by atoms with E-state index < -0.39 is 0 Å². The second kappa shape index (κ2) is 5.88. The van der Waals surface area contributed by atoms with Gasteiger partial charge in [-0.25, -0.2) is 4.98 Å². The van der Waals surface area contributed by atoms with Gasteiger partial charge < -0.3 is 9.88 Å². The van der Waals surface area contributed by atoms with Crippen LogP contribution in [0.1, 0.15) is 35.7 Å². The van der Waals surface area contributed by atoms with Gasteiger partial charge in [0.05, 0.1) is 12.4 Å². The Bertz CT molecular complexity index is 826. The van der Waals surface area contributed by atoms with Gasteiger partial charge in [0.2, 0.25) is 0 Å². The van der Waals surface area contributed by atoms with Crippen LogP contribution in [0.4, 0.5) is 0 Å². The maximum absolute atomic E-state index is 12.6. The van der Waals surface area contributed by atoms with Crippen LogP contribution in [0.3, 0.4) is 0 Å². The van der Waals surface area contributed by atoms with Crippen molar-refractivity contribution in [2.24, 2.45) is 0 Å². The molecule has 1 fully saturated rings. The highest BCUT2D eigenvalue weighted by Gasteiger charge is 2.29. The number of aromatic nitrogens is 2. The Kier molecular flexibility index (Phi) is 3.58. The average Bonchev–Trinajstić information content (AvgIpc) is 3.25. The summed E-state index contributed by atoms with van der Waals surface area (Å²) < 4.78 is 2.11. The van der Waals surface area contributed by atoms with Crippen molar-refractivity contribution in [3.8, 4) is 0 Å². The summed E-state index contributed by atoms with van der Waals surface area (Å²) in [7, 11) is 0. The fourth-order valence-electron chi connectivity index (χ4n) is 3.51. The van der Waals surface area contributed by atoms with Crippen molar-refractivity contribution in [2.45, 2.75) is 31.3 Å². The summed E-state index contributed by atoms with van der Waals surface area (Å²) in [6.07, 6.45) is 8.84. The number of carbonyl (C=O) groups excluding carboxylic acids is 1. The lowest BCUT2D eigenvalue weighted by Gasteiger charge is -2.22. The Labute approximate surface area is 135 Å². The fraction of sp³-hybridized carbons (Fsp3) is 0.263. The second-order valence-corrected chi connectivity index (χ2v) is 6.15. The molecule has 1 aliphatic rings. The molecule has 3 aromatic rings. The van der Waals surface area contributed by atoms with E-state index in [0.29, 0.717) is 6.04 Å². The van der Waals surface area contributed by atoms with E-state index >= 15 is 0 Å². The lowest BCUT2D eigenvalue weighted by Crippen LogP contribution is -2.38. The minimum absolute atomic E-state index is 0.00719. The van der Waals surface area contributed by atoms with Gasteiger partial charge in [-0.05, 0) is 42.2 Å². The Morgan fingerprint density at radius 1 is 1.13 bits per heavy atom. The molecule has 0 radical (unpaired) electrons. The predicted molar refractivity (Wildman–Crippen MR) is 90.3 cm³/mol. The minimum atomic E-state index is 0.00719. The molecule has 1 saturated carbocycles. The van der Waals surface area contributed by atoms with Crippen LogP contribution < -0.4 is 5.32 Å². The first-order valence-electron chi connectivity index (χ1n) is 8.08. The number of imidazole rings is 1. The molecular formula is C19H19N3O. The second-order valence-electron chi connectivity index (χ2n) is 6.15. The van der Waals surface area contributed by atoms with E-state index in [1.54, 1.807) is 6.20 Å². The van der Waals surface area contributed by atoms with Gasteiger partial charge in [0.25, 0.3) is 5.91 Å². The van der Waals surface area contributed by atoms with Gasteiger partial charge in [-0.3, -0.25) is 4.79 Å². The molecule has 23 heavy (non-hydrogen) atoms. The van der Waals surface area contributed by atoms with Crippen LogP contribution >= 0.6 is 0 Å². The molecule has 2 unspecified atom stereocenters. The van der Waals surface area contributed by atoms with Crippen molar-refractivity contribution in [3.63, 3.8) is 0 Å². The Morgan fingerprint density at radius 2 is 2.00 bits per heavy atom. The summed E-state index contributed by atoms with van der Waals surface area (Å²) in [5, 5.41) is 5.46. The van der Waals surface area contributed by atoms with Crippen LogP contribution in [0.5, 0.6) is 0 Å². The van der Waals surface area contributed by atoms with E-state index in [4.69, 9.17) is 0 Å². The summed E-state index contributed by atoms with van der Waals surface area (Å²) in [6, 6.07) is 14.5. The zero-order valence-electron chi connectivity index (χ0n) is 12.9. The monoisotopic (exact) mass is 305 g/mol. The predicted octanol–water partition coefficient (Wildman–Crippen LogP) is 3.56. The molecule has 1 aliphatic carbocycles. The molecule has 0 saturated heterocycles. The first-order chi connectivity index (χ1) is 11.3. The van der Waals surface area contributed by atoms with Gasteiger partial charge >= 0.3 is 0 Å². The molecule has 1 aromatic heterocycles. The zero-order chi connectivity index (χ0) is 15.6. The van der Waals surface area contributed by atoms with Crippen molar-refractivity contribution in [1.82, 2.24) is 14.9 Å². The molecule has 2 aromatic carbocycles. The molecule has 1 amide bonds. The number of nitrogens with zero attached hydrogens (tertiary/aromatic N) is 2. The standard InChI is InChI=1S/C19H19N3O/c23-19(16-9-8-14-4-1-2-5-15(14)12-16)21-17-6-3-7-18(17)22-11-10-20-13-22/h1-2,4-5,8-13,17-18H,3,6-7H2,(H,21,23). The third kappa shape index (κ3) is 2.72. The topological polar surface area (TPSA) is 46.9 Å². The fourth-order valence-corrected chi connectivity index (χ4v) is 3.51. The van der Waals surface area contributed by atoms with Crippen LogP contribution in [0.2, 0.25) is 0 Å². The van der Waals surface area contributed by atoms with Gasteiger partial charge in [-0.15, -0.1) is 0 Å². The summed E-state index contributed by atoms with van der Waals surface area (Å²) in [5.41, 5.74) is 0.722. The van der Waals surface area contributed by atoms with Crippen LogP contribution in [0.25, 0.3) is 10.8 Å². The van der Waals surface area contributed by atoms with Crippen molar-refractivity contribution in [1.29, 1.82) is 0 Å². The first-order valence-corrected chi connectivity index (χ1v) is 8.08. The number of amides is 1. The molecule has 116 valence electrons. The quantitative estimate of drug-likeness (QED) is 0.804. The largest absolute Gasteiger partial charge is 0.347 e. The van der Waals surface area contributed by atoms with Crippen LogP contribution in [-0.4, -0.2) is 21.5 Å². The van der Waals surface area contributed by atoms with Gasteiger partial charge in [-0.1, -0.05) is 30.3 Å². The van der Waals surface area contributed by atoms with E-state index in [0.717, 1.165) is 35.6 Å². The number of nitrogens with one attached hydrogen (secondary N) is 1. The summed E-state index contributed by atoms with van der Waals surface area (Å²) in [6.45, 7) is 0. The van der Waals surface area contributed by atoms with E-state index in [-0.39, 0.29) is 11.9 Å². The van der Waals surface area contributed by atoms with E-state index in [1.165, 1.54) is 0 Å². The van der Waals surface area contributed by atoms with Crippen molar-refractivity contribution in [2.75, 3.05) is 0 Å². The third-order valence-corrected chi connectivity index (χ3v) is 4.72. The molecule has 0 spiro atoms. The maximum Gasteiger partial charge on any atom is 0.251 e. The zero-order valence-corrected chi connectivity index (χ0v) is 12.9. The number of hydrogen-bond donors (Lipinski definition) is 1. The molecule has 1 N–H and O–H groups in total. The molecule has 0 aliphatic heterocycles. The SMILES string of the molecule is O=C(NC1CCCC1n1ccnc1)c1ccc2ccccc2c1. The lowest BCUT2D eigenvalue weighted by atomic mass is 10.1. The highest BCUT2D eigenvalue weighted by Crippen LogP contribution is 2.30. The number of benzene rings is 2. The Balaban J connectivity index is 1.54. The highest BCUT2D eigenvalue weighted by atomic mass is 16.1. The van der Waals surface area contributed by atoms with Crippen LogP contribution in [-0.2, 0) is 0 Å². The summed E-state index contributed by atoms with van der Waals surface area (Å²) in [4.78, 5) is 16.7. The lowest BCUT2D eigenvalue weighted by molar-refractivity contribution is 0.0929. The highest BCUT2D eigenvalue weighted by molar-refractivity contribution is 5.98. The van der Waals surface area contributed by atoms with Gasteiger partial charge in [0, 0.05) is 24.0 Å². The average molecular weight is 305 g/mol. The number of fused-ring (bicyclic) bond motifs is 1. The van der Waals surface area contributed by atoms with E-state index in [9.17, 15) is 4.79 Å². The Hall–Kier alpha value is -2.62. The molecule has 4 heteroatoms. The van der Waals surface area contributed by atoms with Crippen LogP contribution in [0, 0.1) is 0 Å². The summed E-state index contributed by atoms with van der Waals surface area (Å²) in [5.74, 6) is 0.00719. The molecule has 0 bridgehead atoms. The number of hydrogen-bond acceptors (Lipinski definition) is 2. The molecule has 4 rings (SSSR count). The normalized spacial score (nSPS) is 20.7. The number of carbonyl (C=O) groups is 1. The molecular weight excluding hydrogens is 286 g/mol. The molecule has 2 atom stereocenters. The van der Waals surface area contributed by atoms with E-state index in [1.807, 2.05) is 48.9 Å². The Morgan fingerprint density at radius 3 is 2.83 bits per heavy atom. The minimum Gasteiger partial charge on any atom is -0.347 e. The van der Waals surface area contributed by atoms with Crippen molar-refractivity contribution < 1.29 is 4.79 Å². The smallest absolute Gasteiger partial charge is 0.251 e. The molecule has 4 nitrogen and oxygen atoms in total. The summed E-state index contributed by atoms with van der Waals surface area (Å²) >= 11 is 0. The van der Waals surface area contributed by atoms with Gasteiger partial charge in [0.1, 0.15) is 0 Å². The maximum atomic E-state index is 12.6. The molecule has 1 heterocycles. The first kappa shape index (κ1) is 14.0. The van der Waals surface area contributed by atoms with Gasteiger partial charge in [0.15, 0.2) is 0 Å². The van der Waals surface area contributed by atoms with Gasteiger partial charge in [-0.2, -0.15) is 0 Å².